The second-order valence-corrected chi connectivity index (χ2v) is 5.60. The molecule has 1 aliphatic carbocycles. The lowest BCUT2D eigenvalue weighted by Crippen LogP contribution is -2.34. The molecule has 1 saturated carbocycles. The summed E-state index contributed by atoms with van der Waals surface area (Å²) in [6.07, 6.45) is 7.80. The largest absolute Gasteiger partial charge is 0.306 e. The summed E-state index contributed by atoms with van der Waals surface area (Å²) in [4.78, 5) is 4.27. The Kier molecular flexibility index (Phi) is 4.70. The van der Waals surface area contributed by atoms with Crippen molar-refractivity contribution in [3.8, 4) is 0 Å². The van der Waals surface area contributed by atoms with Gasteiger partial charge in [0, 0.05) is 6.04 Å². The maximum absolute atomic E-state index is 13.0. The molecule has 0 amide bonds. The van der Waals surface area contributed by atoms with E-state index in [1.54, 1.807) is 0 Å². The molecule has 0 radical (unpaired) electrons. The summed E-state index contributed by atoms with van der Waals surface area (Å²) in [7, 11) is 0. The Balaban J connectivity index is 2.15. The van der Waals surface area contributed by atoms with Crippen LogP contribution in [-0.2, 0) is 0 Å². The number of aromatic nitrogens is 1. The Bertz CT molecular complexity index is 355. The molecule has 0 spiro atoms. The highest BCUT2D eigenvalue weighted by atomic mass is 19.1. The Morgan fingerprint density at radius 1 is 1.22 bits per heavy atom. The van der Waals surface area contributed by atoms with Crippen LogP contribution in [0.25, 0.3) is 0 Å². The number of hydrogen-bond donors (Lipinski definition) is 1. The first kappa shape index (κ1) is 13.5. The molecule has 1 fully saturated rings. The van der Waals surface area contributed by atoms with Crippen LogP contribution in [0.5, 0.6) is 0 Å². The van der Waals surface area contributed by atoms with Gasteiger partial charge in [-0.05, 0) is 30.9 Å². The van der Waals surface area contributed by atoms with Gasteiger partial charge < -0.3 is 5.32 Å². The van der Waals surface area contributed by atoms with Gasteiger partial charge in [0.05, 0.1) is 17.9 Å². The molecule has 1 aromatic heterocycles. The molecule has 1 atom stereocenters. The van der Waals surface area contributed by atoms with Gasteiger partial charge in [-0.1, -0.05) is 33.1 Å². The van der Waals surface area contributed by atoms with Crippen molar-refractivity contribution in [2.75, 3.05) is 0 Å². The summed E-state index contributed by atoms with van der Waals surface area (Å²) in [6.45, 7) is 4.30. The summed E-state index contributed by atoms with van der Waals surface area (Å²) < 4.78 is 13.0. The fourth-order valence-corrected chi connectivity index (χ4v) is 2.86. The number of hydrogen-bond acceptors (Lipinski definition) is 2. The third kappa shape index (κ3) is 3.52. The van der Waals surface area contributed by atoms with Crippen molar-refractivity contribution >= 4 is 0 Å². The Hall–Kier alpha value is -0.960. The van der Waals surface area contributed by atoms with Crippen molar-refractivity contribution in [3.63, 3.8) is 0 Å². The average molecular weight is 250 g/mol. The lowest BCUT2D eigenvalue weighted by Gasteiger charge is -2.32. The summed E-state index contributed by atoms with van der Waals surface area (Å²) >= 11 is 0. The van der Waals surface area contributed by atoms with E-state index in [1.165, 1.54) is 44.4 Å². The van der Waals surface area contributed by atoms with Gasteiger partial charge in [-0.3, -0.25) is 4.98 Å². The predicted octanol–water partition coefficient (Wildman–Crippen LogP) is 3.84. The van der Waals surface area contributed by atoms with E-state index in [0.717, 1.165) is 5.69 Å². The van der Waals surface area contributed by atoms with Crippen molar-refractivity contribution in [1.82, 2.24) is 10.3 Å². The lowest BCUT2D eigenvalue weighted by molar-refractivity contribution is 0.256. The van der Waals surface area contributed by atoms with Crippen LogP contribution >= 0.6 is 0 Å². The van der Waals surface area contributed by atoms with Gasteiger partial charge in [0.1, 0.15) is 5.82 Å². The molecule has 1 unspecified atom stereocenters. The molecule has 0 saturated heterocycles. The first-order chi connectivity index (χ1) is 8.66. The first-order valence-corrected chi connectivity index (χ1v) is 7.04. The standard InChI is InChI=1S/C15H23FN2/c1-11(2)18-15(12-6-4-3-5-7-12)14-9-8-13(16)10-17-14/h8-12,15,18H,3-7H2,1-2H3. The molecule has 1 heterocycles. The Morgan fingerprint density at radius 2 is 1.94 bits per heavy atom. The van der Waals surface area contributed by atoms with Crippen molar-refractivity contribution < 1.29 is 4.39 Å². The minimum Gasteiger partial charge on any atom is -0.306 e. The predicted molar refractivity (Wildman–Crippen MR) is 71.8 cm³/mol. The molecular weight excluding hydrogens is 227 g/mol. The quantitative estimate of drug-likeness (QED) is 0.878. The van der Waals surface area contributed by atoms with Crippen LogP contribution in [-0.4, -0.2) is 11.0 Å². The second kappa shape index (κ2) is 6.28. The Labute approximate surface area is 109 Å². The van der Waals surface area contributed by atoms with E-state index in [0.29, 0.717) is 12.0 Å². The highest BCUT2D eigenvalue weighted by Gasteiger charge is 2.26. The van der Waals surface area contributed by atoms with Crippen LogP contribution in [0.1, 0.15) is 57.7 Å². The van der Waals surface area contributed by atoms with Gasteiger partial charge in [-0.15, -0.1) is 0 Å². The summed E-state index contributed by atoms with van der Waals surface area (Å²) in [5, 5.41) is 3.60. The minimum atomic E-state index is -0.259. The molecule has 1 aromatic rings. The van der Waals surface area contributed by atoms with E-state index >= 15 is 0 Å². The van der Waals surface area contributed by atoms with Gasteiger partial charge in [0.25, 0.3) is 0 Å². The van der Waals surface area contributed by atoms with Crippen molar-refractivity contribution in [2.24, 2.45) is 5.92 Å². The topological polar surface area (TPSA) is 24.9 Å². The molecule has 0 aromatic carbocycles. The van der Waals surface area contributed by atoms with Crippen LogP contribution in [0.15, 0.2) is 18.3 Å². The second-order valence-electron chi connectivity index (χ2n) is 5.60. The van der Waals surface area contributed by atoms with Gasteiger partial charge >= 0.3 is 0 Å². The van der Waals surface area contributed by atoms with E-state index < -0.39 is 0 Å². The van der Waals surface area contributed by atoms with E-state index in [2.05, 4.69) is 24.1 Å². The van der Waals surface area contributed by atoms with Gasteiger partial charge in [-0.2, -0.15) is 0 Å². The van der Waals surface area contributed by atoms with Crippen LogP contribution < -0.4 is 5.32 Å². The molecule has 3 heteroatoms. The molecule has 2 nitrogen and oxygen atoms in total. The highest BCUT2D eigenvalue weighted by molar-refractivity contribution is 5.11. The number of pyridine rings is 1. The van der Waals surface area contributed by atoms with Crippen molar-refractivity contribution in [3.05, 3.63) is 29.8 Å². The van der Waals surface area contributed by atoms with Crippen LogP contribution in [0.2, 0.25) is 0 Å². The SMILES string of the molecule is CC(C)NC(c1ccc(F)cn1)C1CCCCC1. The summed E-state index contributed by atoms with van der Waals surface area (Å²) in [6, 6.07) is 4.03. The van der Waals surface area contributed by atoms with E-state index in [9.17, 15) is 4.39 Å². The summed E-state index contributed by atoms with van der Waals surface area (Å²) in [5.41, 5.74) is 0.983. The molecule has 1 aliphatic rings. The number of nitrogens with zero attached hydrogens (tertiary/aromatic N) is 1. The maximum Gasteiger partial charge on any atom is 0.141 e. The van der Waals surface area contributed by atoms with Gasteiger partial charge in [0.2, 0.25) is 0 Å². The van der Waals surface area contributed by atoms with E-state index in [1.807, 2.05) is 6.07 Å². The first-order valence-electron chi connectivity index (χ1n) is 7.04. The smallest absolute Gasteiger partial charge is 0.141 e. The van der Waals surface area contributed by atoms with Crippen molar-refractivity contribution in [2.45, 2.75) is 58.0 Å². The van der Waals surface area contributed by atoms with Crippen LogP contribution in [0, 0.1) is 11.7 Å². The monoisotopic (exact) mass is 250 g/mol. The number of nitrogens with one attached hydrogen (secondary N) is 1. The number of halogens is 1. The maximum atomic E-state index is 13.0. The highest BCUT2D eigenvalue weighted by Crippen LogP contribution is 2.34. The third-order valence-electron chi connectivity index (χ3n) is 3.70. The minimum absolute atomic E-state index is 0.259. The summed E-state index contributed by atoms with van der Waals surface area (Å²) in [5.74, 6) is 0.379. The normalized spacial score (nSPS) is 19.1. The molecule has 0 bridgehead atoms. The van der Waals surface area contributed by atoms with E-state index in [-0.39, 0.29) is 11.9 Å². The number of rotatable bonds is 4. The molecule has 2 rings (SSSR count). The van der Waals surface area contributed by atoms with Crippen molar-refractivity contribution in [1.29, 1.82) is 0 Å². The molecular formula is C15H23FN2. The molecule has 1 N–H and O–H groups in total. The van der Waals surface area contributed by atoms with Crippen LogP contribution in [0.4, 0.5) is 4.39 Å². The Morgan fingerprint density at radius 3 is 2.50 bits per heavy atom. The average Bonchev–Trinajstić information content (AvgIpc) is 2.38. The van der Waals surface area contributed by atoms with Gasteiger partial charge in [-0.25, -0.2) is 4.39 Å². The zero-order valence-electron chi connectivity index (χ0n) is 11.3. The van der Waals surface area contributed by atoms with Gasteiger partial charge in [0.15, 0.2) is 0 Å². The zero-order chi connectivity index (χ0) is 13.0. The molecule has 18 heavy (non-hydrogen) atoms. The molecule has 0 aliphatic heterocycles. The zero-order valence-corrected chi connectivity index (χ0v) is 11.3. The van der Waals surface area contributed by atoms with E-state index in [4.69, 9.17) is 0 Å². The fourth-order valence-electron chi connectivity index (χ4n) is 2.86. The van der Waals surface area contributed by atoms with Crippen LogP contribution in [0.3, 0.4) is 0 Å². The molecule has 100 valence electrons. The third-order valence-corrected chi connectivity index (χ3v) is 3.70. The fraction of sp³-hybridized carbons (Fsp3) is 0.667. The lowest BCUT2D eigenvalue weighted by atomic mass is 9.82.